The van der Waals surface area contributed by atoms with Crippen molar-refractivity contribution in [3.8, 4) is 0 Å². The summed E-state index contributed by atoms with van der Waals surface area (Å²) >= 11 is 0. The summed E-state index contributed by atoms with van der Waals surface area (Å²) in [4.78, 5) is 15.4. The highest BCUT2D eigenvalue weighted by Gasteiger charge is 2.45. The number of benzene rings is 1. The normalized spacial score (nSPS) is 24.3. The number of rotatable bonds is 3. The van der Waals surface area contributed by atoms with Gasteiger partial charge >= 0.3 is 0 Å². The van der Waals surface area contributed by atoms with E-state index in [0.29, 0.717) is 5.92 Å². The van der Waals surface area contributed by atoms with Crippen molar-refractivity contribution in [1.82, 2.24) is 4.90 Å². The predicted octanol–water partition coefficient (Wildman–Crippen LogP) is 3.65. The number of amides is 1. The van der Waals surface area contributed by atoms with E-state index in [-0.39, 0.29) is 30.2 Å². The molecule has 1 aromatic carbocycles. The highest BCUT2D eigenvalue weighted by molar-refractivity contribution is 5.88. The number of hydrogen-bond acceptors (Lipinski definition) is 2. The van der Waals surface area contributed by atoms with Gasteiger partial charge in [-0.15, -0.1) is 12.4 Å². The molecular weight excluding hydrogens is 327 g/mol. The van der Waals surface area contributed by atoms with Crippen molar-refractivity contribution >= 4 is 18.3 Å². The third-order valence-electron chi connectivity index (χ3n) is 5.73. The van der Waals surface area contributed by atoms with Crippen molar-refractivity contribution < 1.29 is 9.18 Å². The van der Waals surface area contributed by atoms with Crippen molar-refractivity contribution in [3.05, 3.63) is 35.6 Å². The Labute approximate surface area is 150 Å². The predicted molar refractivity (Wildman–Crippen MR) is 96.7 cm³/mol. The van der Waals surface area contributed by atoms with Crippen LogP contribution in [-0.4, -0.2) is 29.9 Å². The molecule has 2 aliphatic rings. The van der Waals surface area contributed by atoms with E-state index < -0.39 is 5.41 Å². The zero-order valence-electron chi connectivity index (χ0n) is 14.3. The maximum atomic E-state index is 13.7. The zero-order valence-corrected chi connectivity index (χ0v) is 15.2. The van der Waals surface area contributed by atoms with Crippen molar-refractivity contribution in [3.63, 3.8) is 0 Å². The van der Waals surface area contributed by atoms with Crippen LogP contribution in [0.4, 0.5) is 4.39 Å². The third kappa shape index (κ3) is 3.60. The van der Waals surface area contributed by atoms with Crippen molar-refractivity contribution in [2.24, 2.45) is 11.7 Å². The third-order valence-corrected chi connectivity index (χ3v) is 5.73. The van der Waals surface area contributed by atoms with Gasteiger partial charge in [-0.05, 0) is 56.2 Å². The molecule has 1 amide bonds. The van der Waals surface area contributed by atoms with Crippen molar-refractivity contribution in [1.29, 1.82) is 0 Å². The molecule has 1 saturated carbocycles. The standard InChI is InChI=1S/C19H27FN2O.ClH/c1-14(21)15-6-5-11-22(13-15)18(23)19(9-2-3-10-19)16-7-4-8-17(20)12-16;/h4,7-8,12,14-15H,2-3,5-6,9-11,13,21H2,1H3;1H. The van der Waals surface area contributed by atoms with E-state index in [1.807, 2.05) is 17.9 Å². The Morgan fingerprint density at radius 1 is 1.33 bits per heavy atom. The van der Waals surface area contributed by atoms with Crippen LogP contribution < -0.4 is 5.73 Å². The molecule has 0 bridgehead atoms. The van der Waals surface area contributed by atoms with Crippen LogP contribution in [0.3, 0.4) is 0 Å². The van der Waals surface area contributed by atoms with Gasteiger partial charge in [0.1, 0.15) is 5.82 Å². The second-order valence-corrected chi connectivity index (χ2v) is 7.31. The fourth-order valence-electron chi connectivity index (χ4n) is 4.32. The van der Waals surface area contributed by atoms with Gasteiger partial charge in [-0.3, -0.25) is 4.79 Å². The van der Waals surface area contributed by atoms with Crippen LogP contribution in [0.1, 0.15) is 51.0 Å². The summed E-state index contributed by atoms with van der Waals surface area (Å²) in [7, 11) is 0. The smallest absolute Gasteiger partial charge is 0.233 e. The van der Waals surface area contributed by atoms with Gasteiger partial charge in [-0.2, -0.15) is 0 Å². The highest BCUT2D eigenvalue weighted by Crippen LogP contribution is 2.43. The second kappa shape index (κ2) is 7.83. The molecule has 1 saturated heterocycles. The quantitative estimate of drug-likeness (QED) is 0.900. The van der Waals surface area contributed by atoms with E-state index in [1.165, 1.54) is 6.07 Å². The Balaban J connectivity index is 0.00000208. The summed E-state index contributed by atoms with van der Waals surface area (Å²) in [6.45, 7) is 3.57. The van der Waals surface area contributed by atoms with Crippen LogP contribution in [0.15, 0.2) is 24.3 Å². The molecule has 1 aromatic rings. The number of halogens is 2. The molecule has 24 heavy (non-hydrogen) atoms. The zero-order chi connectivity index (χ0) is 16.4. The average molecular weight is 355 g/mol. The summed E-state index contributed by atoms with van der Waals surface area (Å²) in [5.74, 6) is 0.304. The summed E-state index contributed by atoms with van der Waals surface area (Å²) in [6.07, 6.45) is 5.83. The number of piperidine rings is 1. The van der Waals surface area contributed by atoms with Crippen LogP contribution in [0.5, 0.6) is 0 Å². The van der Waals surface area contributed by atoms with E-state index in [9.17, 15) is 9.18 Å². The molecule has 1 aliphatic heterocycles. The minimum Gasteiger partial charge on any atom is -0.342 e. The number of hydrogen-bond donors (Lipinski definition) is 1. The number of carbonyl (C=O) groups is 1. The van der Waals surface area contributed by atoms with Crippen LogP contribution in [0, 0.1) is 11.7 Å². The average Bonchev–Trinajstić information content (AvgIpc) is 3.05. The van der Waals surface area contributed by atoms with Gasteiger partial charge in [-0.25, -0.2) is 4.39 Å². The molecule has 134 valence electrons. The van der Waals surface area contributed by atoms with Gasteiger partial charge in [0.05, 0.1) is 5.41 Å². The van der Waals surface area contributed by atoms with Gasteiger partial charge in [0.25, 0.3) is 0 Å². The molecule has 3 rings (SSSR count). The Morgan fingerprint density at radius 2 is 2.04 bits per heavy atom. The highest BCUT2D eigenvalue weighted by atomic mass is 35.5. The molecule has 0 radical (unpaired) electrons. The lowest BCUT2D eigenvalue weighted by Gasteiger charge is -2.40. The minimum atomic E-state index is -0.526. The summed E-state index contributed by atoms with van der Waals surface area (Å²) in [6, 6.07) is 6.75. The first-order valence-electron chi connectivity index (χ1n) is 8.84. The topological polar surface area (TPSA) is 46.3 Å². The lowest BCUT2D eigenvalue weighted by molar-refractivity contribution is -0.139. The molecular formula is C19H28ClFN2O. The molecule has 0 spiro atoms. The summed E-state index contributed by atoms with van der Waals surface area (Å²) in [5.41, 5.74) is 6.38. The molecule has 3 nitrogen and oxygen atoms in total. The van der Waals surface area contributed by atoms with Gasteiger partial charge in [0.2, 0.25) is 5.91 Å². The van der Waals surface area contributed by atoms with Crippen molar-refractivity contribution in [2.45, 2.75) is 56.9 Å². The monoisotopic (exact) mass is 354 g/mol. The van der Waals surface area contributed by atoms with E-state index >= 15 is 0 Å². The molecule has 5 heteroatoms. The molecule has 2 unspecified atom stereocenters. The molecule has 2 fully saturated rings. The molecule has 2 N–H and O–H groups in total. The molecule has 1 heterocycles. The van der Waals surface area contributed by atoms with Gasteiger partial charge in [-0.1, -0.05) is 25.0 Å². The SMILES string of the molecule is CC(N)C1CCCN(C(=O)C2(c3cccc(F)c3)CCCC2)C1.Cl. The van der Waals surface area contributed by atoms with E-state index in [4.69, 9.17) is 5.73 Å². The van der Waals surface area contributed by atoms with Crippen molar-refractivity contribution in [2.75, 3.05) is 13.1 Å². The molecule has 1 aliphatic carbocycles. The van der Waals surface area contributed by atoms with E-state index in [1.54, 1.807) is 12.1 Å². The fraction of sp³-hybridized carbons (Fsp3) is 0.632. The van der Waals surface area contributed by atoms with E-state index in [2.05, 4.69) is 0 Å². The Bertz CT molecular complexity index is 572. The molecule has 0 aromatic heterocycles. The lowest BCUT2D eigenvalue weighted by Crippen LogP contribution is -2.51. The first-order chi connectivity index (χ1) is 11.0. The minimum absolute atomic E-state index is 0. The van der Waals surface area contributed by atoms with Crippen LogP contribution in [-0.2, 0) is 10.2 Å². The Morgan fingerprint density at radius 3 is 2.67 bits per heavy atom. The van der Waals surface area contributed by atoms with Gasteiger partial charge in [0, 0.05) is 19.1 Å². The van der Waals surface area contributed by atoms with Crippen LogP contribution >= 0.6 is 12.4 Å². The number of nitrogens with zero attached hydrogens (tertiary/aromatic N) is 1. The van der Waals surface area contributed by atoms with E-state index in [0.717, 1.165) is 57.2 Å². The number of carbonyl (C=O) groups excluding carboxylic acids is 1. The van der Waals surface area contributed by atoms with Gasteiger partial charge in [0.15, 0.2) is 0 Å². The van der Waals surface area contributed by atoms with Crippen LogP contribution in [0.25, 0.3) is 0 Å². The number of nitrogens with two attached hydrogens (primary N) is 1. The first kappa shape index (κ1) is 19.2. The maximum Gasteiger partial charge on any atom is 0.233 e. The number of likely N-dealkylation sites (tertiary alicyclic amines) is 1. The summed E-state index contributed by atoms with van der Waals surface area (Å²) in [5, 5.41) is 0. The Kier molecular flexibility index (Phi) is 6.27. The van der Waals surface area contributed by atoms with Gasteiger partial charge < -0.3 is 10.6 Å². The van der Waals surface area contributed by atoms with Crippen LogP contribution in [0.2, 0.25) is 0 Å². The maximum absolute atomic E-state index is 13.7. The largest absolute Gasteiger partial charge is 0.342 e. The first-order valence-corrected chi connectivity index (χ1v) is 8.84. The lowest BCUT2D eigenvalue weighted by atomic mass is 9.76. The second-order valence-electron chi connectivity index (χ2n) is 7.31. The molecule has 2 atom stereocenters. The summed E-state index contributed by atoms with van der Waals surface area (Å²) < 4.78 is 13.7. The fourth-order valence-corrected chi connectivity index (χ4v) is 4.32. The Hall–Kier alpha value is -1.13.